The fraction of sp³-hybridized carbons (Fsp3) is 0.316. The van der Waals surface area contributed by atoms with Crippen molar-refractivity contribution in [2.45, 2.75) is 11.0 Å². The summed E-state index contributed by atoms with van der Waals surface area (Å²) in [5, 5.41) is 0. The van der Waals surface area contributed by atoms with Gasteiger partial charge in [-0.3, -0.25) is 4.79 Å². The molecule has 4 nitrogen and oxygen atoms in total. The van der Waals surface area contributed by atoms with E-state index in [1.807, 2.05) is 59.5 Å². The number of ether oxygens (including phenoxy) is 2. The Morgan fingerprint density at radius 2 is 2.08 bits per heavy atom. The molecule has 0 saturated carbocycles. The number of hydrogen-bond acceptors (Lipinski definition) is 4. The summed E-state index contributed by atoms with van der Waals surface area (Å²) >= 11 is 1.54. The number of carbonyl (C=O) groups is 1. The molecule has 1 amide bonds. The number of rotatable bonds is 5. The van der Waals surface area contributed by atoms with Gasteiger partial charge < -0.3 is 14.4 Å². The van der Waals surface area contributed by atoms with Gasteiger partial charge in [0.2, 0.25) is 5.91 Å². The van der Waals surface area contributed by atoms with Gasteiger partial charge in [-0.2, -0.15) is 0 Å². The number of methoxy groups -OCH3 is 1. The van der Waals surface area contributed by atoms with Gasteiger partial charge in [-0.15, -0.1) is 11.8 Å². The van der Waals surface area contributed by atoms with Crippen LogP contribution in [0.3, 0.4) is 0 Å². The average Bonchev–Trinajstić information content (AvgIpc) is 2.67. The molecular weight excluding hydrogens is 322 g/mol. The van der Waals surface area contributed by atoms with Crippen molar-refractivity contribution < 1.29 is 14.3 Å². The van der Waals surface area contributed by atoms with Crippen molar-refractivity contribution >= 4 is 17.7 Å². The third-order valence-electron chi connectivity index (χ3n) is 3.99. The second-order valence-electron chi connectivity index (χ2n) is 5.58. The molecule has 1 saturated heterocycles. The minimum atomic E-state index is -0.0364. The van der Waals surface area contributed by atoms with Gasteiger partial charge in [0.1, 0.15) is 11.9 Å². The fourth-order valence-electron chi connectivity index (χ4n) is 2.67. The van der Waals surface area contributed by atoms with Crippen LogP contribution in [0.2, 0.25) is 0 Å². The summed E-state index contributed by atoms with van der Waals surface area (Å²) in [6, 6.07) is 17.9. The SMILES string of the molecule is COc1cccc(SCC(=O)N2CCOC(c3ccccc3)C2)c1. The highest BCUT2D eigenvalue weighted by Gasteiger charge is 2.25. The molecule has 1 fully saturated rings. The normalized spacial score (nSPS) is 17.5. The summed E-state index contributed by atoms with van der Waals surface area (Å²) in [7, 11) is 1.65. The molecule has 0 spiro atoms. The van der Waals surface area contributed by atoms with E-state index in [9.17, 15) is 4.79 Å². The summed E-state index contributed by atoms with van der Waals surface area (Å²) in [4.78, 5) is 15.5. The molecule has 0 bridgehead atoms. The average molecular weight is 343 g/mol. The van der Waals surface area contributed by atoms with Crippen molar-refractivity contribution in [1.82, 2.24) is 4.90 Å². The van der Waals surface area contributed by atoms with Crippen LogP contribution >= 0.6 is 11.8 Å². The number of carbonyl (C=O) groups excluding carboxylic acids is 1. The monoisotopic (exact) mass is 343 g/mol. The highest BCUT2D eigenvalue weighted by atomic mass is 32.2. The highest BCUT2D eigenvalue weighted by molar-refractivity contribution is 8.00. The van der Waals surface area contributed by atoms with Crippen LogP contribution in [0.1, 0.15) is 11.7 Å². The summed E-state index contributed by atoms with van der Waals surface area (Å²) in [5.41, 5.74) is 1.12. The van der Waals surface area contributed by atoms with Crippen LogP contribution in [-0.2, 0) is 9.53 Å². The Bertz CT molecular complexity index is 677. The standard InChI is InChI=1S/C19H21NO3S/c1-22-16-8-5-9-17(12-16)24-14-19(21)20-10-11-23-18(13-20)15-6-3-2-4-7-15/h2-9,12,18H,10-11,13-14H2,1H3. The maximum Gasteiger partial charge on any atom is 0.233 e. The van der Waals surface area contributed by atoms with Gasteiger partial charge in [-0.1, -0.05) is 36.4 Å². The van der Waals surface area contributed by atoms with E-state index in [0.29, 0.717) is 25.4 Å². The van der Waals surface area contributed by atoms with Crippen LogP contribution in [0.15, 0.2) is 59.5 Å². The number of thioether (sulfide) groups is 1. The van der Waals surface area contributed by atoms with Crippen LogP contribution < -0.4 is 4.74 Å². The van der Waals surface area contributed by atoms with Gasteiger partial charge in [-0.05, 0) is 23.8 Å². The van der Waals surface area contributed by atoms with Crippen molar-refractivity contribution in [3.63, 3.8) is 0 Å². The molecule has 0 N–H and O–H groups in total. The maximum absolute atomic E-state index is 12.5. The molecule has 126 valence electrons. The molecule has 1 aliphatic rings. The molecule has 1 unspecified atom stereocenters. The number of benzene rings is 2. The zero-order valence-corrected chi connectivity index (χ0v) is 14.5. The van der Waals surface area contributed by atoms with E-state index in [1.54, 1.807) is 7.11 Å². The number of morpholine rings is 1. The Kier molecular flexibility index (Phi) is 5.77. The van der Waals surface area contributed by atoms with Crippen LogP contribution in [0.4, 0.5) is 0 Å². The van der Waals surface area contributed by atoms with Gasteiger partial charge >= 0.3 is 0 Å². The quantitative estimate of drug-likeness (QED) is 0.780. The lowest BCUT2D eigenvalue weighted by molar-refractivity contribution is -0.136. The van der Waals surface area contributed by atoms with E-state index in [1.165, 1.54) is 11.8 Å². The van der Waals surface area contributed by atoms with Crippen LogP contribution in [-0.4, -0.2) is 43.4 Å². The third-order valence-corrected chi connectivity index (χ3v) is 4.97. The second kappa shape index (κ2) is 8.22. The Balaban J connectivity index is 1.56. The van der Waals surface area contributed by atoms with Gasteiger partial charge in [0.15, 0.2) is 0 Å². The van der Waals surface area contributed by atoms with Gasteiger partial charge in [0.05, 0.1) is 26.0 Å². The van der Waals surface area contributed by atoms with Crippen molar-refractivity contribution in [2.75, 3.05) is 32.6 Å². The van der Waals surface area contributed by atoms with Crippen LogP contribution in [0.5, 0.6) is 5.75 Å². The number of nitrogens with zero attached hydrogens (tertiary/aromatic N) is 1. The summed E-state index contributed by atoms with van der Waals surface area (Å²) < 4.78 is 11.0. The Morgan fingerprint density at radius 3 is 2.88 bits per heavy atom. The smallest absolute Gasteiger partial charge is 0.233 e. The van der Waals surface area contributed by atoms with E-state index in [4.69, 9.17) is 9.47 Å². The molecule has 0 aromatic heterocycles. The van der Waals surface area contributed by atoms with Crippen molar-refractivity contribution in [1.29, 1.82) is 0 Å². The number of hydrogen-bond donors (Lipinski definition) is 0. The first-order chi connectivity index (χ1) is 11.8. The number of amides is 1. The minimum Gasteiger partial charge on any atom is -0.497 e. The molecule has 1 aliphatic heterocycles. The Labute approximate surface area is 146 Å². The summed E-state index contributed by atoms with van der Waals surface area (Å²) in [5.74, 6) is 1.38. The second-order valence-corrected chi connectivity index (χ2v) is 6.63. The first-order valence-electron chi connectivity index (χ1n) is 7.97. The largest absolute Gasteiger partial charge is 0.497 e. The van der Waals surface area contributed by atoms with Gasteiger partial charge in [0.25, 0.3) is 0 Å². The van der Waals surface area contributed by atoms with E-state index in [2.05, 4.69) is 0 Å². The van der Waals surface area contributed by atoms with Crippen LogP contribution in [0.25, 0.3) is 0 Å². The first-order valence-corrected chi connectivity index (χ1v) is 8.96. The summed E-state index contributed by atoms with van der Waals surface area (Å²) in [6.07, 6.45) is -0.0364. The summed E-state index contributed by atoms with van der Waals surface area (Å²) in [6.45, 7) is 1.84. The predicted octanol–water partition coefficient (Wildman–Crippen LogP) is 3.39. The molecule has 1 heterocycles. The van der Waals surface area contributed by atoms with Gasteiger partial charge in [0, 0.05) is 11.4 Å². The maximum atomic E-state index is 12.5. The van der Waals surface area contributed by atoms with E-state index < -0.39 is 0 Å². The molecular formula is C19H21NO3S. The molecule has 3 rings (SSSR count). The lowest BCUT2D eigenvalue weighted by Crippen LogP contribution is -2.43. The Morgan fingerprint density at radius 1 is 1.25 bits per heavy atom. The Hall–Kier alpha value is -1.98. The molecule has 5 heteroatoms. The van der Waals surface area contributed by atoms with Gasteiger partial charge in [-0.25, -0.2) is 0 Å². The minimum absolute atomic E-state index is 0.0364. The van der Waals surface area contributed by atoms with E-state index >= 15 is 0 Å². The topological polar surface area (TPSA) is 38.8 Å². The fourth-order valence-corrected chi connectivity index (χ4v) is 3.52. The molecule has 1 atom stereocenters. The van der Waals surface area contributed by atoms with Crippen molar-refractivity contribution in [3.8, 4) is 5.75 Å². The zero-order valence-electron chi connectivity index (χ0n) is 13.7. The molecule has 2 aromatic rings. The molecule has 0 radical (unpaired) electrons. The van der Waals surface area contributed by atoms with Crippen LogP contribution in [0, 0.1) is 0 Å². The lowest BCUT2D eigenvalue weighted by Gasteiger charge is -2.33. The van der Waals surface area contributed by atoms with Crippen molar-refractivity contribution in [3.05, 3.63) is 60.2 Å². The third kappa shape index (κ3) is 4.30. The van der Waals surface area contributed by atoms with E-state index in [0.717, 1.165) is 16.2 Å². The van der Waals surface area contributed by atoms with Crippen molar-refractivity contribution in [2.24, 2.45) is 0 Å². The zero-order chi connectivity index (χ0) is 16.8. The first kappa shape index (κ1) is 16.9. The predicted molar refractivity (Wildman–Crippen MR) is 95.4 cm³/mol. The molecule has 0 aliphatic carbocycles. The molecule has 2 aromatic carbocycles. The van der Waals surface area contributed by atoms with E-state index in [-0.39, 0.29) is 12.0 Å². The highest BCUT2D eigenvalue weighted by Crippen LogP contribution is 2.25. The molecule has 24 heavy (non-hydrogen) atoms. The lowest BCUT2D eigenvalue weighted by atomic mass is 10.1.